The van der Waals surface area contributed by atoms with Gasteiger partial charge in [0.05, 0.1) is 29.2 Å². The van der Waals surface area contributed by atoms with Gasteiger partial charge >= 0.3 is 5.97 Å². The Morgan fingerprint density at radius 1 is 1.23 bits per heavy atom. The van der Waals surface area contributed by atoms with Crippen molar-refractivity contribution in [3.63, 3.8) is 0 Å². The molecule has 9 heteroatoms. The predicted molar refractivity (Wildman–Crippen MR) is 174 cm³/mol. The second-order valence-corrected chi connectivity index (χ2v) is 19.9. The first-order chi connectivity index (χ1) is 18.4. The summed E-state index contributed by atoms with van der Waals surface area (Å²) in [4.78, 5) is 25.1. The molecule has 1 unspecified atom stereocenters. The summed E-state index contributed by atoms with van der Waals surface area (Å²) in [5, 5.41) is 1.98. The van der Waals surface area contributed by atoms with E-state index < -0.39 is 8.32 Å². The van der Waals surface area contributed by atoms with Crippen LogP contribution in [0.25, 0.3) is 10.1 Å². The second kappa shape index (κ2) is 14.7. The highest BCUT2D eigenvalue weighted by atomic mass is 35.5. The highest BCUT2D eigenvalue weighted by molar-refractivity contribution is 8.01. The molecule has 0 bridgehead atoms. The van der Waals surface area contributed by atoms with Crippen LogP contribution in [0.15, 0.2) is 48.6 Å². The highest BCUT2D eigenvalue weighted by Gasteiger charge is 2.39. The van der Waals surface area contributed by atoms with Crippen molar-refractivity contribution >= 4 is 76.6 Å². The fourth-order valence-corrected chi connectivity index (χ4v) is 9.06. The zero-order valence-electron chi connectivity index (χ0n) is 23.8. The van der Waals surface area contributed by atoms with Crippen molar-refractivity contribution < 1.29 is 18.8 Å². The van der Waals surface area contributed by atoms with Crippen LogP contribution in [-0.2, 0) is 25.2 Å². The number of aryl methyl sites for hydroxylation is 1. The van der Waals surface area contributed by atoms with Crippen LogP contribution in [0, 0.1) is 5.92 Å². The first-order valence-electron chi connectivity index (χ1n) is 13.4. The molecule has 0 N–H and O–H groups in total. The van der Waals surface area contributed by atoms with E-state index in [-0.39, 0.29) is 34.1 Å². The first kappa shape index (κ1) is 32.5. The zero-order chi connectivity index (χ0) is 28.6. The van der Waals surface area contributed by atoms with Crippen molar-refractivity contribution in [3.05, 3.63) is 58.5 Å². The highest BCUT2D eigenvalue weighted by Crippen LogP contribution is 2.40. The minimum absolute atomic E-state index is 0.0448. The maximum Gasteiger partial charge on any atom is 0.315 e. The van der Waals surface area contributed by atoms with Crippen LogP contribution in [0.2, 0.25) is 23.2 Å². The summed E-state index contributed by atoms with van der Waals surface area (Å²) in [6.45, 7) is 11.4. The quantitative estimate of drug-likeness (QED) is 0.0908. The smallest absolute Gasteiger partial charge is 0.315 e. The molecule has 0 saturated carbocycles. The Hall–Kier alpha value is -1.03. The summed E-state index contributed by atoms with van der Waals surface area (Å²) >= 11 is 11.8. The number of carbonyl (C=O) groups is 2. The van der Waals surface area contributed by atoms with E-state index in [0.717, 1.165) is 41.2 Å². The van der Waals surface area contributed by atoms with E-state index in [0.29, 0.717) is 5.75 Å². The molecule has 1 aromatic carbocycles. The number of ether oxygens (including phenoxy) is 1. The van der Waals surface area contributed by atoms with Crippen LogP contribution in [0.4, 0.5) is 0 Å². The fourth-order valence-electron chi connectivity index (χ4n) is 4.04. The van der Waals surface area contributed by atoms with Crippen LogP contribution in [0.3, 0.4) is 0 Å². The Balaban J connectivity index is 1.65. The Kier molecular flexibility index (Phi) is 12.3. The summed E-state index contributed by atoms with van der Waals surface area (Å²) in [6, 6.07) is 8.29. The van der Waals surface area contributed by atoms with Gasteiger partial charge in [-0.3, -0.25) is 9.59 Å². The average Bonchev–Trinajstić information content (AvgIpc) is 3.40. The molecule has 0 spiro atoms. The number of thioether (sulfide) groups is 2. The molecule has 0 amide bonds. The van der Waals surface area contributed by atoms with Gasteiger partial charge in [0.15, 0.2) is 14.1 Å². The van der Waals surface area contributed by atoms with Gasteiger partial charge in [-0.15, -0.1) is 23.1 Å². The van der Waals surface area contributed by atoms with Crippen molar-refractivity contribution in [2.24, 2.45) is 5.92 Å². The lowest BCUT2D eigenvalue weighted by Crippen LogP contribution is -2.43. The van der Waals surface area contributed by atoms with Crippen LogP contribution in [0.1, 0.15) is 38.5 Å². The number of benzene rings is 1. The van der Waals surface area contributed by atoms with Crippen LogP contribution < -0.4 is 0 Å². The van der Waals surface area contributed by atoms with Gasteiger partial charge in [-0.05, 0) is 61.0 Å². The van der Waals surface area contributed by atoms with E-state index in [1.54, 1.807) is 40.9 Å². The van der Waals surface area contributed by atoms with Crippen molar-refractivity contribution in [1.29, 1.82) is 0 Å². The van der Waals surface area contributed by atoms with E-state index >= 15 is 0 Å². The van der Waals surface area contributed by atoms with E-state index in [1.165, 1.54) is 16.7 Å². The third-order valence-electron chi connectivity index (χ3n) is 7.35. The predicted octanol–water partition coefficient (Wildman–Crippen LogP) is 8.59. The Morgan fingerprint density at radius 3 is 2.67 bits per heavy atom. The summed E-state index contributed by atoms with van der Waals surface area (Å²) in [7, 11) is -0.601. The van der Waals surface area contributed by atoms with Crippen LogP contribution in [0.5, 0.6) is 0 Å². The van der Waals surface area contributed by atoms with Gasteiger partial charge < -0.3 is 9.16 Å². The van der Waals surface area contributed by atoms with Gasteiger partial charge in [0.25, 0.3) is 0 Å². The zero-order valence-corrected chi connectivity index (χ0v) is 28.0. The Labute approximate surface area is 252 Å². The second-order valence-electron chi connectivity index (χ2n) is 11.3. The summed E-state index contributed by atoms with van der Waals surface area (Å²) in [5.74, 6) is 2.17. The number of carbonyl (C=O) groups excluding carboxylic acids is 2. The lowest BCUT2D eigenvalue weighted by Gasteiger charge is -2.38. The molecule has 1 heterocycles. The van der Waals surface area contributed by atoms with Gasteiger partial charge in [-0.25, -0.2) is 0 Å². The molecule has 1 aromatic heterocycles. The molecule has 3 rings (SSSR count). The molecule has 0 saturated heterocycles. The van der Waals surface area contributed by atoms with Crippen molar-refractivity contribution in [2.75, 3.05) is 24.4 Å². The topological polar surface area (TPSA) is 52.6 Å². The van der Waals surface area contributed by atoms with E-state index in [9.17, 15) is 9.59 Å². The number of halogens is 1. The Bertz CT molecular complexity index is 1180. The monoisotopic (exact) mass is 624 g/mol. The number of fused-ring (bicyclic) bond motifs is 1. The van der Waals surface area contributed by atoms with Gasteiger partial charge in [-0.2, -0.15) is 11.8 Å². The third-order valence-corrected chi connectivity index (χ3v) is 16.1. The molecule has 0 fully saturated rings. The third kappa shape index (κ3) is 9.23. The largest absolute Gasteiger partial charge is 0.468 e. The van der Waals surface area contributed by atoms with Gasteiger partial charge in [0.2, 0.25) is 0 Å². The molecule has 0 radical (unpaired) electrons. The number of allylic oxidation sites excluding steroid dienone is 3. The number of thiophene rings is 1. The number of rotatable bonds is 14. The van der Waals surface area contributed by atoms with Crippen molar-refractivity contribution in [3.8, 4) is 0 Å². The molecule has 0 aliphatic heterocycles. The minimum Gasteiger partial charge on any atom is -0.468 e. The summed E-state index contributed by atoms with van der Waals surface area (Å²) < 4.78 is 12.8. The lowest BCUT2D eigenvalue weighted by atomic mass is 10.1. The average molecular weight is 625 g/mol. The van der Waals surface area contributed by atoms with Crippen LogP contribution >= 0.6 is 46.5 Å². The molecular formula is C30H41ClO4S3Si. The fraction of sp³-hybridized carbons (Fsp3) is 0.533. The molecule has 3 atom stereocenters. The SMILES string of the molecule is COC(=O)CSCCCS[C@H]1C(=O)C=CC1C=C[C@@H](CCc1sc2ccccc2c1Cl)O[Si](C)(C)C(C)(C)C. The molecule has 1 aliphatic rings. The van der Waals surface area contributed by atoms with Crippen molar-refractivity contribution in [1.82, 2.24) is 0 Å². The molecule has 4 nitrogen and oxygen atoms in total. The van der Waals surface area contributed by atoms with E-state index in [1.807, 2.05) is 12.1 Å². The molecule has 1 aliphatic carbocycles. The summed E-state index contributed by atoms with van der Waals surface area (Å²) in [6.07, 6.45) is 10.7. The van der Waals surface area contributed by atoms with Crippen LogP contribution in [-0.4, -0.2) is 55.8 Å². The maximum absolute atomic E-state index is 12.6. The number of hydrogen-bond acceptors (Lipinski definition) is 7. The molecule has 39 heavy (non-hydrogen) atoms. The van der Waals surface area contributed by atoms with Gasteiger partial charge in [0.1, 0.15) is 0 Å². The van der Waals surface area contributed by atoms with E-state index in [2.05, 4.69) is 69.0 Å². The van der Waals surface area contributed by atoms with Crippen molar-refractivity contribution in [2.45, 2.75) is 69.5 Å². The number of ketones is 1. The molecule has 2 aromatic rings. The standard InChI is InChI=1S/C30H41ClO4S3Si/c1-30(2,3)39(5,6)35-22(15-17-26-28(31)23-10-7-8-11-25(23)38-26)14-12-21-13-16-24(32)29(21)37-19-9-18-36-20-27(33)34-4/h7-8,10-14,16,21-22,29H,9,15,17-20H2,1-6H3/t21?,22-,29+/m0/s1. The Morgan fingerprint density at radius 2 is 1.97 bits per heavy atom. The number of methoxy groups -OCH3 is 1. The summed E-state index contributed by atoms with van der Waals surface area (Å²) in [5.41, 5.74) is 0. The molecular weight excluding hydrogens is 584 g/mol. The van der Waals surface area contributed by atoms with E-state index in [4.69, 9.17) is 16.0 Å². The lowest BCUT2D eigenvalue weighted by molar-refractivity contribution is -0.137. The molecule has 214 valence electrons. The normalized spacial score (nSPS) is 18.9. The first-order valence-corrected chi connectivity index (χ1v) is 19.7. The number of hydrogen-bond donors (Lipinski definition) is 0. The number of esters is 1. The van der Waals surface area contributed by atoms with Gasteiger partial charge in [-0.1, -0.05) is 68.8 Å². The minimum atomic E-state index is -2.01. The maximum atomic E-state index is 12.6. The van der Waals surface area contributed by atoms with Gasteiger partial charge in [0, 0.05) is 20.9 Å².